The van der Waals surface area contributed by atoms with E-state index in [9.17, 15) is 4.79 Å². The lowest BCUT2D eigenvalue weighted by Gasteiger charge is -2.10. The Hall–Kier alpha value is -2.76. The number of anilines is 1. The minimum Gasteiger partial charge on any atom is -0.324 e. The van der Waals surface area contributed by atoms with Crippen LogP contribution < -0.4 is 5.32 Å². The molecule has 1 heterocycles. The quantitative estimate of drug-likeness (QED) is 0.630. The van der Waals surface area contributed by atoms with Crippen LogP contribution in [-0.2, 0) is 4.79 Å². The highest BCUT2D eigenvalue weighted by molar-refractivity contribution is 8.00. The number of thioether (sulfide) groups is 2. The number of rotatable bonds is 7. The first-order chi connectivity index (χ1) is 12.8. The van der Waals surface area contributed by atoms with E-state index in [1.807, 2.05) is 59.2 Å². The number of carbonyl (C=O) groups is 1. The van der Waals surface area contributed by atoms with Crippen LogP contribution in [0, 0.1) is 11.3 Å². The first-order valence-electron chi connectivity index (χ1n) is 7.75. The van der Waals surface area contributed by atoms with Gasteiger partial charge >= 0.3 is 0 Å². The fraction of sp³-hybridized carbons (Fsp3) is 0.111. The second-order valence-corrected chi connectivity index (χ2v) is 7.06. The summed E-state index contributed by atoms with van der Waals surface area (Å²) in [5.41, 5.74) is 1.65. The Morgan fingerprint density at radius 1 is 1.12 bits per heavy atom. The van der Waals surface area contributed by atoms with Crippen molar-refractivity contribution in [2.45, 2.75) is 10.1 Å². The zero-order valence-electron chi connectivity index (χ0n) is 13.7. The minimum absolute atomic E-state index is 0.136. The van der Waals surface area contributed by atoms with Gasteiger partial charge < -0.3 is 5.32 Å². The lowest BCUT2D eigenvalue weighted by atomic mass is 10.3. The molecule has 2 aromatic carbocycles. The van der Waals surface area contributed by atoms with Crippen LogP contribution in [0.3, 0.4) is 0 Å². The van der Waals surface area contributed by atoms with E-state index in [4.69, 9.17) is 5.26 Å². The molecule has 0 saturated heterocycles. The van der Waals surface area contributed by atoms with Gasteiger partial charge in [0, 0.05) is 10.6 Å². The smallest absolute Gasteiger partial charge is 0.234 e. The topological polar surface area (TPSA) is 83.6 Å². The van der Waals surface area contributed by atoms with Gasteiger partial charge in [0.15, 0.2) is 5.16 Å². The van der Waals surface area contributed by atoms with Gasteiger partial charge in [0.1, 0.15) is 6.33 Å². The maximum Gasteiger partial charge on any atom is 0.234 e. The van der Waals surface area contributed by atoms with Gasteiger partial charge in [-0.05, 0) is 24.3 Å². The molecule has 130 valence electrons. The maximum absolute atomic E-state index is 12.3. The number of nitriles is 1. The molecule has 6 nitrogen and oxygen atoms in total. The van der Waals surface area contributed by atoms with Crippen molar-refractivity contribution in [2.24, 2.45) is 0 Å². The monoisotopic (exact) mass is 381 g/mol. The highest BCUT2D eigenvalue weighted by Crippen LogP contribution is 2.27. The molecule has 1 N–H and O–H groups in total. The van der Waals surface area contributed by atoms with E-state index in [-0.39, 0.29) is 11.7 Å². The minimum atomic E-state index is -0.136. The summed E-state index contributed by atoms with van der Waals surface area (Å²) in [5.74, 6) is 0.410. The lowest BCUT2D eigenvalue weighted by Crippen LogP contribution is -2.15. The zero-order chi connectivity index (χ0) is 18.2. The van der Waals surface area contributed by atoms with E-state index in [1.165, 1.54) is 23.5 Å². The van der Waals surface area contributed by atoms with Crippen LogP contribution in [0.25, 0.3) is 5.69 Å². The van der Waals surface area contributed by atoms with Crippen molar-refractivity contribution in [2.75, 3.05) is 16.8 Å². The maximum atomic E-state index is 12.3. The highest BCUT2D eigenvalue weighted by atomic mass is 32.2. The molecule has 0 radical (unpaired) electrons. The van der Waals surface area contributed by atoms with Gasteiger partial charge in [-0.2, -0.15) is 5.26 Å². The van der Waals surface area contributed by atoms with Crippen LogP contribution in [-0.4, -0.2) is 32.2 Å². The predicted octanol–water partition coefficient (Wildman–Crippen LogP) is 3.61. The molecular weight excluding hydrogens is 366 g/mol. The Kier molecular flexibility index (Phi) is 6.30. The third-order valence-corrected chi connectivity index (χ3v) is 5.22. The van der Waals surface area contributed by atoms with E-state index in [2.05, 4.69) is 21.6 Å². The molecule has 26 heavy (non-hydrogen) atoms. The molecule has 8 heteroatoms. The van der Waals surface area contributed by atoms with Gasteiger partial charge in [-0.1, -0.05) is 42.1 Å². The summed E-state index contributed by atoms with van der Waals surface area (Å²) in [6.07, 6.45) is 1.63. The van der Waals surface area contributed by atoms with Gasteiger partial charge in [0.2, 0.25) is 5.91 Å². The van der Waals surface area contributed by atoms with Gasteiger partial charge in [0.05, 0.1) is 23.3 Å². The average molecular weight is 381 g/mol. The molecule has 3 aromatic rings. The molecule has 3 rings (SSSR count). The van der Waals surface area contributed by atoms with Crippen molar-refractivity contribution in [3.05, 3.63) is 60.9 Å². The van der Waals surface area contributed by atoms with E-state index in [0.717, 1.165) is 10.6 Å². The number of nitrogens with zero attached hydrogens (tertiary/aromatic N) is 4. The molecule has 0 spiro atoms. The fourth-order valence-electron chi connectivity index (χ4n) is 2.21. The molecular formula is C18H15N5OS2. The van der Waals surface area contributed by atoms with Crippen molar-refractivity contribution in [1.29, 1.82) is 5.26 Å². The summed E-state index contributed by atoms with van der Waals surface area (Å²) < 4.78 is 1.84. The first-order valence-corrected chi connectivity index (χ1v) is 9.72. The number of amides is 1. The molecule has 0 saturated carbocycles. The highest BCUT2D eigenvalue weighted by Gasteiger charge is 2.11. The molecule has 0 fully saturated rings. The third-order valence-electron chi connectivity index (χ3n) is 3.34. The normalized spacial score (nSPS) is 10.3. The Morgan fingerprint density at radius 2 is 1.88 bits per heavy atom. The van der Waals surface area contributed by atoms with Gasteiger partial charge in [0.25, 0.3) is 0 Å². The molecule has 0 bridgehead atoms. The summed E-state index contributed by atoms with van der Waals surface area (Å²) in [7, 11) is 0. The summed E-state index contributed by atoms with van der Waals surface area (Å²) >= 11 is 2.71. The lowest BCUT2D eigenvalue weighted by molar-refractivity contribution is -0.113. The summed E-state index contributed by atoms with van der Waals surface area (Å²) in [5, 5.41) is 20.3. The van der Waals surface area contributed by atoms with Crippen LogP contribution in [0.15, 0.2) is 71.0 Å². The first kappa shape index (κ1) is 18.0. The molecule has 1 amide bonds. The SMILES string of the molecule is N#CCSc1ccccc1NC(=O)CSc1nncn1-c1ccccc1. The summed E-state index contributed by atoms with van der Waals surface area (Å²) in [6.45, 7) is 0. The van der Waals surface area contributed by atoms with Crippen molar-refractivity contribution < 1.29 is 4.79 Å². The number of hydrogen-bond acceptors (Lipinski definition) is 6. The van der Waals surface area contributed by atoms with Crippen molar-refractivity contribution in [1.82, 2.24) is 14.8 Å². The Labute approximate surface area is 159 Å². The summed E-state index contributed by atoms with van der Waals surface area (Å²) in [6, 6.07) is 19.3. The molecule has 0 aliphatic carbocycles. The molecule has 0 unspecified atom stereocenters. The molecule has 1 aromatic heterocycles. The van der Waals surface area contributed by atoms with Gasteiger partial charge in [-0.25, -0.2) is 0 Å². The number of hydrogen-bond donors (Lipinski definition) is 1. The zero-order valence-corrected chi connectivity index (χ0v) is 15.3. The summed E-state index contributed by atoms with van der Waals surface area (Å²) in [4.78, 5) is 13.2. The van der Waals surface area contributed by atoms with Crippen molar-refractivity contribution >= 4 is 35.1 Å². The van der Waals surface area contributed by atoms with E-state index >= 15 is 0 Å². The number of benzene rings is 2. The second kappa shape index (κ2) is 9.08. The predicted molar refractivity (Wildman–Crippen MR) is 103 cm³/mol. The number of para-hydroxylation sites is 2. The third kappa shape index (κ3) is 4.65. The number of aromatic nitrogens is 3. The standard InChI is InChI=1S/C18H15N5OS2/c19-10-11-25-16-9-5-4-8-15(16)21-17(24)12-26-18-22-20-13-23(18)14-6-2-1-3-7-14/h1-9,13H,11-12H2,(H,21,24). The van der Waals surface area contributed by atoms with Crippen LogP contribution in [0.5, 0.6) is 0 Å². The Morgan fingerprint density at radius 3 is 2.69 bits per heavy atom. The van der Waals surface area contributed by atoms with E-state index in [1.54, 1.807) is 6.33 Å². The number of carbonyl (C=O) groups excluding carboxylic acids is 1. The Balaban J connectivity index is 1.63. The van der Waals surface area contributed by atoms with Crippen LogP contribution >= 0.6 is 23.5 Å². The van der Waals surface area contributed by atoms with E-state index < -0.39 is 0 Å². The fourth-order valence-corrected chi connectivity index (χ4v) is 3.61. The molecule has 0 aliphatic rings. The van der Waals surface area contributed by atoms with Gasteiger partial charge in [-0.3, -0.25) is 9.36 Å². The van der Waals surface area contributed by atoms with Gasteiger partial charge in [-0.15, -0.1) is 22.0 Å². The molecule has 0 aliphatic heterocycles. The molecule has 0 atom stereocenters. The number of nitrogens with one attached hydrogen (secondary N) is 1. The second-order valence-electron chi connectivity index (χ2n) is 5.10. The largest absolute Gasteiger partial charge is 0.324 e. The van der Waals surface area contributed by atoms with Crippen LogP contribution in [0.2, 0.25) is 0 Å². The van der Waals surface area contributed by atoms with E-state index in [0.29, 0.717) is 16.6 Å². The van der Waals surface area contributed by atoms with Crippen molar-refractivity contribution in [3.63, 3.8) is 0 Å². The average Bonchev–Trinajstić information content (AvgIpc) is 3.15. The van der Waals surface area contributed by atoms with Crippen molar-refractivity contribution in [3.8, 4) is 11.8 Å². The van der Waals surface area contributed by atoms with Crippen LogP contribution in [0.1, 0.15) is 0 Å². The van der Waals surface area contributed by atoms with Crippen LogP contribution in [0.4, 0.5) is 5.69 Å². The Bertz CT molecular complexity index is 921.